The summed E-state index contributed by atoms with van der Waals surface area (Å²) in [6.07, 6.45) is 4.35. The fourth-order valence-electron chi connectivity index (χ4n) is 3.27. The highest BCUT2D eigenvalue weighted by molar-refractivity contribution is 5.76. The van der Waals surface area contributed by atoms with Crippen molar-refractivity contribution in [2.45, 2.75) is 45.4 Å². The van der Waals surface area contributed by atoms with E-state index in [1.165, 1.54) is 11.1 Å². The lowest BCUT2D eigenvalue weighted by Gasteiger charge is -2.23. The zero-order valence-electron chi connectivity index (χ0n) is 17.1. The molecule has 1 heterocycles. The second kappa shape index (κ2) is 11.1. The van der Waals surface area contributed by atoms with Gasteiger partial charge in [-0.05, 0) is 30.4 Å². The lowest BCUT2D eigenvalue weighted by Crippen LogP contribution is -2.35. The molecule has 0 aliphatic heterocycles. The van der Waals surface area contributed by atoms with Crippen LogP contribution in [0.1, 0.15) is 42.6 Å². The zero-order valence-corrected chi connectivity index (χ0v) is 17.1. The number of nitrogens with zero attached hydrogens (tertiary/aromatic N) is 3. The van der Waals surface area contributed by atoms with Crippen molar-refractivity contribution in [2.75, 3.05) is 13.1 Å². The molecular formula is C24H29N3O2. The van der Waals surface area contributed by atoms with Gasteiger partial charge < -0.3 is 9.42 Å². The highest BCUT2D eigenvalue weighted by Crippen LogP contribution is 2.09. The van der Waals surface area contributed by atoms with Crippen LogP contribution in [0.15, 0.2) is 65.2 Å². The van der Waals surface area contributed by atoms with Crippen LogP contribution >= 0.6 is 0 Å². The number of rotatable bonds is 11. The quantitative estimate of drug-likeness (QED) is 0.490. The number of hydrogen-bond acceptors (Lipinski definition) is 4. The summed E-state index contributed by atoms with van der Waals surface area (Å²) in [5.41, 5.74) is 2.48. The molecule has 0 unspecified atom stereocenters. The van der Waals surface area contributed by atoms with Gasteiger partial charge in [-0.3, -0.25) is 4.79 Å². The molecular weight excluding hydrogens is 362 g/mol. The normalized spacial score (nSPS) is 10.8. The molecule has 0 atom stereocenters. The molecule has 5 heteroatoms. The van der Waals surface area contributed by atoms with Crippen LogP contribution in [-0.4, -0.2) is 34.0 Å². The molecule has 5 nitrogen and oxygen atoms in total. The van der Waals surface area contributed by atoms with Gasteiger partial charge in [-0.25, -0.2) is 0 Å². The molecule has 152 valence electrons. The van der Waals surface area contributed by atoms with Crippen molar-refractivity contribution in [3.05, 3.63) is 83.5 Å². The Hall–Kier alpha value is -2.95. The van der Waals surface area contributed by atoms with Gasteiger partial charge in [-0.1, -0.05) is 72.7 Å². The van der Waals surface area contributed by atoms with Crippen LogP contribution in [0.25, 0.3) is 0 Å². The van der Waals surface area contributed by atoms with E-state index < -0.39 is 0 Å². The Balaban J connectivity index is 1.57. The summed E-state index contributed by atoms with van der Waals surface area (Å²) in [7, 11) is 0. The molecule has 3 rings (SSSR count). The Morgan fingerprint density at radius 2 is 1.45 bits per heavy atom. The van der Waals surface area contributed by atoms with E-state index in [1.807, 2.05) is 41.3 Å². The first kappa shape index (κ1) is 20.8. The fraction of sp³-hybridized carbons (Fsp3) is 0.375. The first-order valence-corrected chi connectivity index (χ1v) is 10.4. The number of aryl methyl sites for hydroxylation is 2. The van der Waals surface area contributed by atoms with Crippen molar-refractivity contribution in [2.24, 2.45) is 0 Å². The van der Waals surface area contributed by atoms with E-state index in [1.54, 1.807) is 0 Å². The standard InChI is InChI=1S/C24H29N3O2/c1-2-9-22-25-23(29-26-22)14-15-24(28)27(18-16-20-10-5-3-6-11-20)19-17-21-12-7-4-8-13-21/h3-8,10-13H,2,9,14-19H2,1H3. The van der Waals surface area contributed by atoms with Gasteiger partial charge in [0.1, 0.15) is 0 Å². The Bertz CT molecular complexity index is 819. The first-order chi connectivity index (χ1) is 14.2. The summed E-state index contributed by atoms with van der Waals surface area (Å²) < 4.78 is 5.27. The van der Waals surface area contributed by atoms with Crippen molar-refractivity contribution in [3.63, 3.8) is 0 Å². The number of hydrogen-bond donors (Lipinski definition) is 0. The molecule has 0 saturated carbocycles. The van der Waals surface area contributed by atoms with Crippen LogP contribution in [0.4, 0.5) is 0 Å². The molecule has 0 saturated heterocycles. The van der Waals surface area contributed by atoms with E-state index in [0.29, 0.717) is 31.8 Å². The number of carbonyl (C=O) groups excluding carboxylic acids is 1. The fourth-order valence-corrected chi connectivity index (χ4v) is 3.27. The molecule has 29 heavy (non-hydrogen) atoms. The molecule has 0 spiro atoms. The molecule has 3 aromatic rings. The van der Waals surface area contributed by atoms with Gasteiger partial charge in [0, 0.05) is 32.4 Å². The SMILES string of the molecule is CCCc1noc(CCC(=O)N(CCc2ccccc2)CCc2ccccc2)n1. The van der Waals surface area contributed by atoms with Crippen molar-refractivity contribution in [1.82, 2.24) is 15.0 Å². The van der Waals surface area contributed by atoms with Gasteiger partial charge in [0.2, 0.25) is 11.8 Å². The molecule has 1 aromatic heterocycles. The Morgan fingerprint density at radius 3 is 2.00 bits per heavy atom. The molecule has 2 aromatic carbocycles. The predicted octanol–water partition coefficient (Wildman–Crippen LogP) is 4.27. The molecule has 0 aliphatic carbocycles. The van der Waals surface area contributed by atoms with E-state index in [9.17, 15) is 4.79 Å². The first-order valence-electron chi connectivity index (χ1n) is 10.4. The number of benzene rings is 2. The van der Waals surface area contributed by atoms with Crippen molar-refractivity contribution >= 4 is 5.91 Å². The van der Waals surface area contributed by atoms with Crippen LogP contribution in [0.3, 0.4) is 0 Å². The lowest BCUT2D eigenvalue weighted by molar-refractivity contribution is -0.131. The minimum Gasteiger partial charge on any atom is -0.342 e. The second-order valence-electron chi connectivity index (χ2n) is 7.21. The average Bonchev–Trinajstić information content (AvgIpc) is 3.21. The van der Waals surface area contributed by atoms with Gasteiger partial charge in [-0.15, -0.1) is 0 Å². The van der Waals surface area contributed by atoms with E-state index >= 15 is 0 Å². The summed E-state index contributed by atoms with van der Waals surface area (Å²) >= 11 is 0. The third-order valence-electron chi connectivity index (χ3n) is 4.92. The minimum absolute atomic E-state index is 0.132. The van der Waals surface area contributed by atoms with Crippen LogP contribution in [-0.2, 0) is 30.5 Å². The third kappa shape index (κ3) is 6.86. The van der Waals surface area contributed by atoms with E-state index in [-0.39, 0.29) is 5.91 Å². The van der Waals surface area contributed by atoms with Crippen molar-refractivity contribution in [3.8, 4) is 0 Å². The maximum atomic E-state index is 12.9. The Morgan fingerprint density at radius 1 is 0.862 bits per heavy atom. The maximum Gasteiger partial charge on any atom is 0.227 e. The summed E-state index contributed by atoms with van der Waals surface area (Å²) in [5, 5.41) is 3.97. The Kier molecular flexibility index (Phi) is 7.99. The van der Waals surface area contributed by atoms with Crippen LogP contribution in [0, 0.1) is 0 Å². The Labute approximate surface area is 172 Å². The van der Waals surface area contributed by atoms with E-state index in [4.69, 9.17) is 4.52 Å². The molecule has 1 amide bonds. The lowest BCUT2D eigenvalue weighted by atomic mass is 10.1. The largest absolute Gasteiger partial charge is 0.342 e. The number of aromatic nitrogens is 2. The van der Waals surface area contributed by atoms with Gasteiger partial charge in [0.05, 0.1) is 0 Å². The third-order valence-corrected chi connectivity index (χ3v) is 4.92. The van der Waals surface area contributed by atoms with Gasteiger partial charge >= 0.3 is 0 Å². The predicted molar refractivity (Wildman–Crippen MR) is 113 cm³/mol. The summed E-state index contributed by atoms with van der Waals surface area (Å²) in [4.78, 5) is 19.3. The van der Waals surface area contributed by atoms with Gasteiger partial charge in [0.25, 0.3) is 0 Å². The van der Waals surface area contributed by atoms with Crippen LogP contribution in [0.5, 0.6) is 0 Å². The number of amides is 1. The molecule has 0 bridgehead atoms. The van der Waals surface area contributed by atoms with Crippen molar-refractivity contribution < 1.29 is 9.32 Å². The molecule has 0 N–H and O–H groups in total. The van der Waals surface area contributed by atoms with Crippen molar-refractivity contribution in [1.29, 1.82) is 0 Å². The maximum absolute atomic E-state index is 12.9. The average molecular weight is 392 g/mol. The van der Waals surface area contributed by atoms with Gasteiger partial charge in [-0.2, -0.15) is 4.98 Å². The molecule has 0 fully saturated rings. The zero-order chi connectivity index (χ0) is 20.3. The highest BCUT2D eigenvalue weighted by Gasteiger charge is 2.16. The minimum atomic E-state index is 0.132. The van der Waals surface area contributed by atoms with Gasteiger partial charge in [0.15, 0.2) is 5.82 Å². The second-order valence-corrected chi connectivity index (χ2v) is 7.21. The van der Waals surface area contributed by atoms with Crippen LogP contribution < -0.4 is 0 Å². The molecule has 0 aliphatic rings. The van der Waals surface area contributed by atoms with E-state index in [0.717, 1.165) is 31.5 Å². The summed E-state index contributed by atoms with van der Waals surface area (Å²) in [6.45, 7) is 3.50. The number of carbonyl (C=O) groups is 1. The summed E-state index contributed by atoms with van der Waals surface area (Å²) in [6, 6.07) is 20.6. The van der Waals surface area contributed by atoms with E-state index in [2.05, 4.69) is 41.3 Å². The van der Waals surface area contributed by atoms with Crippen LogP contribution in [0.2, 0.25) is 0 Å². The topological polar surface area (TPSA) is 59.2 Å². The summed E-state index contributed by atoms with van der Waals surface area (Å²) in [5.74, 6) is 1.40. The monoisotopic (exact) mass is 391 g/mol. The highest BCUT2D eigenvalue weighted by atomic mass is 16.5. The molecule has 0 radical (unpaired) electrons. The smallest absolute Gasteiger partial charge is 0.227 e.